The van der Waals surface area contributed by atoms with Gasteiger partial charge in [0.25, 0.3) is 5.91 Å². The number of amides is 1. The van der Waals surface area contributed by atoms with Gasteiger partial charge in [0.1, 0.15) is 0 Å². The van der Waals surface area contributed by atoms with Crippen molar-refractivity contribution in [1.82, 2.24) is 15.1 Å². The fourth-order valence-corrected chi connectivity index (χ4v) is 3.64. The average molecular weight is 347 g/mol. The van der Waals surface area contributed by atoms with Crippen molar-refractivity contribution in [3.8, 4) is 5.69 Å². The molecule has 1 aliphatic carbocycles. The lowest BCUT2D eigenvalue weighted by atomic mass is 10.1. The Balaban J connectivity index is 1.62. The van der Waals surface area contributed by atoms with E-state index in [1.165, 1.54) is 0 Å². The number of nitrogens with one attached hydrogen (secondary N) is 1. The predicted octanol–water partition coefficient (Wildman–Crippen LogP) is 2.88. The van der Waals surface area contributed by atoms with Gasteiger partial charge in [-0.15, -0.1) is 0 Å². The highest BCUT2D eigenvalue weighted by atomic mass is 16.3. The molecule has 4 rings (SSSR count). The van der Waals surface area contributed by atoms with Crippen molar-refractivity contribution in [2.75, 3.05) is 0 Å². The van der Waals surface area contributed by atoms with E-state index in [4.69, 9.17) is 0 Å². The number of nitrogens with zero attached hydrogens (tertiary/aromatic N) is 2. The third-order valence-corrected chi connectivity index (χ3v) is 5.09. The quantitative estimate of drug-likeness (QED) is 0.766. The van der Waals surface area contributed by atoms with Gasteiger partial charge in [-0.25, -0.2) is 4.68 Å². The van der Waals surface area contributed by atoms with Gasteiger partial charge in [0, 0.05) is 6.42 Å². The molecule has 0 saturated carbocycles. The molecule has 1 aromatic heterocycles. The van der Waals surface area contributed by atoms with Crippen molar-refractivity contribution in [1.29, 1.82) is 0 Å². The van der Waals surface area contributed by atoms with Crippen LogP contribution in [0, 0.1) is 13.8 Å². The Morgan fingerprint density at radius 3 is 2.69 bits per heavy atom. The summed E-state index contributed by atoms with van der Waals surface area (Å²) in [6.45, 7) is 3.90. The van der Waals surface area contributed by atoms with Gasteiger partial charge in [-0.2, -0.15) is 5.10 Å². The molecule has 26 heavy (non-hydrogen) atoms. The first-order chi connectivity index (χ1) is 12.6. The minimum atomic E-state index is -0.608. The molecule has 0 unspecified atom stereocenters. The van der Waals surface area contributed by atoms with Gasteiger partial charge in [0.2, 0.25) is 0 Å². The third-order valence-electron chi connectivity index (χ3n) is 5.09. The number of hydrogen-bond donors (Lipinski definition) is 2. The Morgan fingerprint density at radius 2 is 1.88 bits per heavy atom. The Bertz CT molecular complexity index is 977. The fraction of sp³-hybridized carbons (Fsp3) is 0.238. The molecular formula is C21H21N3O2. The van der Waals surface area contributed by atoms with Gasteiger partial charge in [0.15, 0.2) is 0 Å². The Kier molecular flexibility index (Phi) is 4.09. The molecule has 0 spiro atoms. The van der Waals surface area contributed by atoms with Crippen LogP contribution in [0.3, 0.4) is 0 Å². The maximum absolute atomic E-state index is 12.8. The molecule has 0 saturated heterocycles. The number of aryl methyl sites for hydroxylation is 1. The molecule has 0 bridgehead atoms. The van der Waals surface area contributed by atoms with Crippen LogP contribution in [0.5, 0.6) is 0 Å². The molecule has 3 aromatic rings. The molecule has 0 fully saturated rings. The van der Waals surface area contributed by atoms with E-state index in [-0.39, 0.29) is 11.9 Å². The first kappa shape index (κ1) is 16.5. The summed E-state index contributed by atoms with van der Waals surface area (Å²) < 4.78 is 1.78. The summed E-state index contributed by atoms with van der Waals surface area (Å²) in [6.07, 6.45) is 1.54. The van der Waals surface area contributed by atoms with Gasteiger partial charge >= 0.3 is 0 Å². The molecule has 2 atom stereocenters. The van der Waals surface area contributed by atoms with E-state index in [0.29, 0.717) is 12.0 Å². The summed E-state index contributed by atoms with van der Waals surface area (Å²) in [4.78, 5) is 12.8. The monoisotopic (exact) mass is 347 g/mol. The van der Waals surface area contributed by atoms with Crippen LogP contribution in [0.1, 0.15) is 38.8 Å². The second-order valence-electron chi connectivity index (χ2n) is 6.76. The van der Waals surface area contributed by atoms with E-state index in [1.54, 1.807) is 10.9 Å². The molecule has 0 aliphatic heterocycles. The van der Waals surface area contributed by atoms with Crippen molar-refractivity contribution in [3.63, 3.8) is 0 Å². The Hall–Kier alpha value is -2.92. The molecule has 1 amide bonds. The maximum Gasteiger partial charge on any atom is 0.255 e. The zero-order valence-corrected chi connectivity index (χ0v) is 14.8. The number of aliphatic hydroxyl groups excluding tert-OH is 1. The minimum absolute atomic E-state index is 0.219. The maximum atomic E-state index is 12.8. The van der Waals surface area contributed by atoms with Crippen molar-refractivity contribution in [2.24, 2.45) is 0 Å². The summed E-state index contributed by atoms with van der Waals surface area (Å²) in [5.41, 5.74) is 5.40. The summed E-state index contributed by atoms with van der Waals surface area (Å²) in [5, 5.41) is 17.7. The van der Waals surface area contributed by atoms with E-state index in [0.717, 1.165) is 28.1 Å². The highest BCUT2D eigenvalue weighted by Crippen LogP contribution is 2.31. The van der Waals surface area contributed by atoms with Crippen LogP contribution < -0.4 is 5.32 Å². The van der Waals surface area contributed by atoms with Crippen molar-refractivity contribution < 1.29 is 9.90 Å². The lowest BCUT2D eigenvalue weighted by Gasteiger charge is -2.18. The molecule has 1 aliphatic rings. The largest absolute Gasteiger partial charge is 0.390 e. The molecule has 1 heterocycles. The SMILES string of the molecule is Cc1ccccc1-n1ncc(C(=O)N[C@H]2c3ccccc3C[C@H]2O)c1C. The van der Waals surface area contributed by atoms with Gasteiger partial charge in [-0.1, -0.05) is 42.5 Å². The number of hydrogen-bond acceptors (Lipinski definition) is 3. The van der Waals surface area contributed by atoms with Gasteiger partial charge in [0.05, 0.1) is 35.3 Å². The molecule has 0 radical (unpaired) electrons. The summed E-state index contributed by atoms with van der Waals surface area (Å²) in [6, 6.07) is 15.4. The number of carbonyl (C=O) groups is 1. The van der Waals surface area contributed by atoms with Crippen LogP contribution in [0.15, 0.2) is 54.7 Å². The lowest BCUT2D eigenvalue weighted by molar-refractivity contribution is 0.0857. The second kappa shape index (κ2) is 6.42. The van der Waals surface area contributed by atoms with E-state index < -0.39 is 6.10 Å². The van der Waals surface area contributed by atoms with E-state index in [2.05, 4.69) is 10.4 Å². The molecule has 2 N–H and O–H groups in total. The zero-order valence-electron chi connectivity index (χ0n) is 14.8. The normalized spacial score (nSPS) is 18.6. The third kappa shape index (κ3) is 2.70. The van der Waals surface area contributed by atoms with Gasteiger partial charge < -0.3 is 10.4 Å². The molecule has 5 nitrogen and oxygen atoms in total. The molecule has 5 heteroatoms. The zero-order chi connectivity index (χ0) is 18.3. The van der Waals surface area contributed by atoms with Crippen LogP contribution >= 0.6 is 0 Å². The van der Waals surface area contributed by atoms with E-state index >= 15 is 0 Å². The lowest BCUT2D eigenvalue weighted by Crippen LogP contribution is -2.34. The van der Waals surface area contributed by atoms with E-state index in [9.17, 15) is 9.90 Å². The summed E-state index contributed by atoms with van der Waals surface area (Å²) >= 11 is 0. The van der Waals surface area contributed by atoms with E-state index in [1.807, 2.05) is 62.4 Å². The number of benzene rings is 2. The van der Waals surface area contributed by atoms with Crippen LogP contribution in [0.2, 0.25) is 0 Å². The number of carbonyl (C=O) groups excluding carboxylic acids is 1. The molecular weight excluding hydrogens is 326 g/mol. The molecule has 132 valence electrons. The number of fused-ring (bicyclic) bond motifs is 1. The van der Waals surface area contributed by atoms with Crippen LogP contribution in [0.25, 0.3) is 5.69 Å². The number of rotatable bonds is 3. The van der Waals surface area contributed by atoms with Crippen molar-refractivity contribution in [3.05, 3.63) is 82.7 Å². The number of aliphatic hydroxyl groups is 1. The second-order valence-corrected chi connectivity index (χ2v) is 6.76. The first-order valence-corrected chi connectivity index (χ1v) is 8.73. The minimum Gasteiger partial charge on any atom is -0.390 e. The molecule has 2 aromatic carbocycles. The standard InChI is InChI=1S/C21H21N3O2/c1-13-7-3-6-10-18(13)24-14(2)17(12-22-24)21(26)23-20-16-9-5-4-8-15(16)11-19(20)25/h3-10,12,19-20,25H,11H2,1-2H3,(H,23,26)/t19-,20+/m1/s1. The van der Waals surface area contributed by atoms with Crippen LogP contribution in [-0.4, -0.2) is 26.9 Å². The number of aromatic nitrogens is 2. The predicted molar refractivity (Wildman–Crippen MR) is 99.4 cm³/mol. The number of para-hydroxylation sites is 1. The topological polar surface area (TPSA) is 67.2 Å². The van der Waals surface area contributed by atoms with Crippen LogP contribution in [0.4, 0.5) is 0 Å². The van der Waals surface area contributed by atoms with Gasteiger partial charge in [-0.05, 0) is 36.6 Å². The summed E-state index contributed by atoms with van der Waals surface area (Å²) in [7, 11) is 0. The van der Waals surface area contributed by atoms with Crippen LogP contribution in [-0.2, 0) is 6.42 Å². The van der Waals surface area contributed by atoms with Crippen molar-refractivity contribution in [2.45, 2.75) is 32.4 Å². The average Bonchev–Trinajstić information content (AvgIpc) is 3.16. The first-order valence-electron chi connectivity index (χ1n) is 8.73. The smallest absolute Gasteiger partial charge is 0.255 e. The highest BCUT2D eigenvalue weighted by Gasteiger charge is 2.32. The van der Waals surface area contributed by atoms with Crippen molar-refractivity contribution >= 4 is 5.91 Å². The summed E-state index contributed by atoms with van der Waals surface area (Å²) in [5.74, 6) is -0.219. The highest BCUT2D eigenvalue weighted by molar-refractivity contribution is 5.95. The fourth-order valence-electron chi connectivity index (χ4n) is 3.64. The van der Waals surface area contributed by atoms with Gasteiger partial charge in [-0.3, -0.25) is 4.79 Å². The Morgan fingerprint density at radius 1 is 1.15 bits per heavy atom. The Labute approximate surface area is 152 Å².